The number of carbonyl (C=O) groups excluding carboxylic acids is 1. The van der Waals surface area contributed by atoms with Gasteiger partial charge in [0, 0.05) is 12.5 Å². The second-order valence-electron chi connectivity index (χ2n) is 6.98. The quantitative estimate of drug-likeness (QED) is 0.889. The molecule has 2 fully saturated rings. The van der Waals surface area contributed by atoms with Gasteiger partial charge in [-0.15, -0.1) is 0 Å². The van der Waals surface area contributed by atoms with Crippen molar-refractivity contribution in [2.45, 2.75) is 50.7 Å². The van der Waals surface area contributed by atoms with Gasteiger partial charge in [0.15, 0.2) is 0 Å². The summed E-state index contributed by atoms with van der Waals surface area (Å²) in [6.45, 7) is 0.744. The number of halogens is 1. The molecule has 5 nitrogen and oxygen atoms in total. The molecule has 1 atom stereocenters. The maximum Gasteiger partial charge on any atom is 0.226 e. The van der Waals surface area contributed by atoms with Crippen molar-refractivity contribution in [3.63, 3.8) is 0 Å². The van der Waals surface area contributed by atoms with Gasteiger partial charge in [-0.05, 0) is 56.7 Å². The molecule has 2 aliphatic rings. The zero-order chi connectivity index (χ0) is 16.7. The maximum atomic E-state index is 13.4. The number of fused-ring (bicyclic) bond motifs is 1. The number of aliphatic hydroxyl groups is 1. The zero-order valence-electron chi connectivity index (χ0n) is 13.5. The van der Waals surface area contributed by atoms with E-state index in [0.717, 1.165) is 43.6 Å². The van der Waals surface area contributed by atoms with Gasteiger partial charge in [-0.2, -0.15) is 0 Å². The van der Waals surface area contributed by atoms with Crippen molar-refractivity contribution in [3.8, 4) is 0 Å². The first-order valence-electron chi connectivity index (χ1n) is 8.75. The molecule has 1 aromatic heterocycles. The predicted molar refractivity (Wildman–Crippen MR) is 87.7 cm³/mol. The highest BCUT2D eigenvalue weighted by atomic mass is 19.1. The van der Waals surface area contributed by atoms with Crippen LogP contribution in [0.25, 0.3) is 11.0 Å². The van der Waals surface area contributed by atoms with Crippen molar-refractivity contribution in [2.75, 3.05) is 6.54 Å². The molecule has 24 heavy (non-hydrogen) atoms. The standard InChI is InChI=1S/C18H22FN3O2/c19-12-5-8-14-15(10-12)21-17(20-14)16-2-1-9-22(16)18(24)11-3-6-13(23)7-4-11/h5,8,10-11,13,16,23H,1-4,6-7,9H2,(H,20,21)/t11?,13?,16-/m0/s1. The van der Waals surface area contributed by atoms with Crippen LogP contribution in [0.15, 0.2) is 18.2 Å². The Morgan fingerprint density at radius 1 is 1.25 bits per heavy atom. The Labute approximate surface area is 139 Å². The molecule has 4 rings (SSSR count). The largest absolute Gasteiger partial charge is 0.393 e. The fourth-order valence-electron chi connectivity index (χ4n) is 4.03. The van der Waals surface area contributed by atoms with Crippen molar-refractivity contribution >= 4 is 16.9 Å². The van der Waals surface area contributed by atoms with E-state index in [4.69, 9.17) is 0 Å². The lowest BCUT2D eigenvalue weighted by Gasteiger charge is -2.31. The van der Waals surface area contributed by atoms with Crippen molar-refractivity contribution in [1.29, 1.82) is 0 Å². The van der Waals surface area contributed by atoms with Crippen LogP contribution in [0.5, 0.6) is 0 Å². The van der Waals surface area contributed by atoms with E-state index in [0.29, 0.717) is 18.4 Å². The van der Waals surface area contributed by atoms with Crippen LogP contribution in [0.3, 0.4) is 0 Å². The SMILES string of the molecule is O=C(C1CCC(O)CC1)N1CCC[C@H]1c1nc2ccc(F)cc2[nH]1. The number of aromatic nitrogens is 2. The van der Waals surface area contributed by atoms with Gasteiger partial charge in [0.05, 0.1) is 23.2 Å². The summed E-state index contributed by atoms with van der Waals surface area (Å²) < 4.78 is 13.4. The number of nitrogens with zero attached hydrogens (tertiary/aromatic N) is 2. The molecule has 6 heteroatoms. The van der Waals surface area contributed by atoms with Gasteiger partial charge >= 0.3 is 0 Å². The van der Waals surface area contributed by atoms with Crippen LogP contribution >= 0.6 is 0 Å². The molecule has 1 amide bonds. The van der Waals surface area contributed by atoms with Crippen molar-refractivity contribution in [2.24, 2.45) is 5.92 Å². The summed E-state index contributed by atoms with van der Waals surface area (Å²) in [5.41, 5.74) is 1.40. The van der Waals surface area contributed by atoms with Gasteiger partial charge in [0.1, 0.15) is 11.6 Å². The van der Waals surface area contributed by atoms with Crippen LogP contribution in [0.1, 0.15) is 50.4 Å². The molecule has 2 heterocycles. The lowest BCUT2D eigenvalue weighted by atomic mass is 9.86. The summed E-state index contributed by atoms with van der Waals surface area (Å²) in [4.78, 5) is 22.6. The second-order valence-corrected chi connectivity index (χ2v) is 6.98. The zero-order valence-corrected chi connectivity index (χ0v) is 13.5. The third-order valence-corrected chi connectivity index (χ3v) is 5.36. The number of carbonyl (C=O) groups is 1. The molecule has 2 N–H and O–H groups in total. The van der Waals surface area contributed by atoms with E-state index in [1.807, 2.05) is 4.90 Å². The van der Waals surface area contributed by atoms with E-state index >= 15 is 0 Å². The molecule has 1 aliphatic carbocycles. The number of aromatic amines is 1. The summed E-state index contributed by atoms with van der Waals surface area (Å²) in [6, 6.07) is 4.45. The smallest absolute Gasteiger partial charge is 0.226 e. The Morgan fingerprint density at radius 3 is 2.83 bits per heavy atom. The number of aliphatic hydroxyl groups excluding tert-OH is 1. The summed E-state index contributed by atoms with van der Waals surface area (Å²) >= 11 is 0. The molecule has 2 aromatic rings. The van der Waals surface area contributed by atoms with Crippen LogP contribution in [-0.4, -0.2) is 38.5 Å². The van der Waals surface area contributed by atoms with E-state index in [2.05, 4.69) is 9.97 Å². The van der Waals surface area contributed by atoms with Crippen LogP contribution in [0, 0.1) is 11.7 Å². The van der Waals surface area contributed by atoms with Crippen LogP contribution < -0.4 is 0 Å². The molecule has 0 spiro atoms. The maximum absolute atomic E-state index is 13.4. The van der Waals surface area contributed by atoms with Crippen molar-refractivity contribution < 1.29 is 14.3 Å². The van der Waals surface area contributed by atoms with E-state index in [1.165, 1.54) is 12.1 Å². The van der Waals surface area contributed by atoms with Gasteiger partial charge in [0.2, 0.25) is 5.91 Å². The normalized spacial score (nSPS) is 27.8. The van der Waals surface area contributed by atoms with Crippen molar-refractivity contribution in [3.05, 3.63) is 29.8 Å². The minimum absolute atomic E-state index is 0.0100. The fraction of sp³-hybridized carbons (Fsp3) is 0.556. The van der Waals surface area contributed by atoms with Crippen LogP contribution in [0.2, 0.25) is 0 Å². The lowest BCUT2D eigenvalue weighted by Crippen LogP contribution is -2.38. The topological polar surface area (TPSA) is 69.2 Å². The van der Waals surface area contributed by atoms with Crippen LogP contribution in [-0.2, 0) is 4.79 Å². The lowest BCUT2D eigenvalue weighted by molar-refractivity contribution is -0.138. The molecule has 1 saturated carbocycles. The van der Waals surface area contributed by atoms with Gasteiger partial charge < -0.3 is 15.0 Å². The van der Waals surface area contributed by atoms with Gasteiger partial charge in [-0.1, -0.05) is 0 Å². The minimum atomic E-state index is -0.294. The highest BCUT2D eigenvalue weighted by molar-refractivity contribution is 5.80. The number of nitrogens with one attached hydrogen (secondary N) is 1. The van der Waals surface area contributed by atoms with E-state index < -0.39 is 0 Å². The van der Waals surface area contributed by atoms with Crippen LogP contribution in [0.4, 0.5) is 4.39 Å². The van der Waals surface area contributed by atoms with Gasteiger partial charge in [-0.3, -0.25) is 4.79 Å². The number of benzene rings is 1. The molecule has 0 unspecified atom stereocenters. The third kappa shape index (κ3) is 2.79. The Bertz CT molecular complexity index is 752. The second kappa shape index (κ2) is 6.16. The molecule has 1 saturated heterocycles. The fourth-order valence-corrected chi connectivity index (χ4v) is 4.03. The summed E-state index contributed by atoms with van der Waals surface area (Å²) in [6.07, 6.45) is 4.51. The number of rotatable bonds is 2. The van der Waals surface area contributed by atoms with Crippen molar-refractivity contribution in [1.82, 2.24) is 14.9 Å². The molecule has 0 bridgehead atoms. The first-order valence-corrected chi connectivity index (χ1v) is 8.75. The molecule has 1 aliphatic heterocycles. The molecular weight excluding hydrogens is 309 g/mol. The number of H-pyrrole nitrogens is 1. The van der Waals surface area contributed by atoms with E-state index in [9.17, 15) is 14.3 Å². The van der Waals surface area contributed by atoms with Gasteiger partial charge in [-0.25, -0.2) is 9.37 Å². The number of likely N-dealkylation sites (tertiary alicyclic amines) is 1. The molecular formula is C18H22FN3O2. The number of amides is 1. The number of hydrogen-bond acceptors (Lipinski definition) is 3. The summed E-state index contributed by atoms with van der Waals surface area (Å²) in [5, 5.41) is 9.64. The first kappa shape index (κ1) is 15.6. The summed E-state index contributed by atoms with van der Waals surface area (Å²) in [5.74, 6) is 0.641. The first-order chi connectivity index (χ1) is 11.6. The monoisotopic (exact) mass is 331 g/mol. The highest BCUT2D eigenvalue weighted by Gasteiger charge is 2.36. The molecule has 1 aromatic carbocycles. The summed E-state index contributed by atoms with van der Waals surface area (Å²) in [7, 11) is 0. The Balaban J connectivity index is 1.56. The number of hydrogen-bond donors (Lipinski definition) is 2. The average molecular weight is 331 g/mol. The average Bonchev–Trinajstić information content (AvgIpc) is 3.20. The minimum Gasteiger partial charge on any atom is -0.393 e. The Kier molecular flexibility index (Phi) is 4.00. The van der Waals surface area contributed by atoms with Gasteiger partial charge in [0.25, 0.3) is 0 Å². The van der Waals surface area contributed by atoms with E-state index in [1.54, 1.807) is 6.07 Å². The molecule has 0 radical (unpaired) electrons. The Morgan fingerprint density at radius 2 is 2.04 bits per heavy atom. The Hall–Kier alpha value is -1.95. The number of imidazole rings is 1. The molecule has 128 valence electrons. The predicted octanol–water partition coefficient (Wildman–Crippen LogP) is 2.92. The third-order valence-electron chi connectivity index (χ3n) is 5.36. The highest BCUT2D eigenvalue weighted by Crippen LogP contribution is 2.35. The van der Waals surface area contributed by atoms with E-state index in [-0.39, 0.29) is 29.8 Å².